The molecule has 3 aromatic rings. The van der Waals surface area contributed by atoms with Gasteiger partial charge in [-0.1, -0.05) is 0 Å². The maximum Gasteiger partial charge on any atom is 0.414 e. The van der Waals surface area contributed by atoms with Crippen LogP contribution in [0.15, 0.2) is 48.9 Å². The molecule has 1 aliphatic heterocycles. The predicted octanol–water partition coefficient (Wildman–Crippen LogP) is 3.92. The quantitative estimate of drug-likeness (QED) is 0.610. The Kier molecular flexibility index (Phi) is 6.16. The number of amides is 2. The van der Waals surface area contributed by atoms with Gasteiger partial charge in [0.05, 0.1) is 36.5 Å². The van der Waals surface area contributed by atoms with Crippen LogP contribution in [-0.2, 0) is 9.53 Å². The van der Waals surface area contributed by atoms with E-state index in [-0.39, 0.29) is 30.2 Å². The topological polar surface area (TPSA) is 76.5 Å². The van der Waals surface area contributed by atoms with Gasteiger partial charge in [0.25, 0.3) is 0 Å². The van der Waals surface area contributed by atoms with Gasteiger partial charge in [0.1, 0.15) is 23.6 Å². The molecule has 1 saturated heterocycles. The van der Waals surface area contributed by atoms with Gasteiger partial charge in [0.15, 0.2) is 0 Å². The minimum atomic E-state index is -0.702. The number of imidazole rings is 1. The number of carbonyl (C=O) groups excluding carboxylic acids is 2. The fraction of sp³-hybridized carbons (Fsp3) is 0.174. The SMILES string of the molecule is CC(=O)NC[C@H]1CN(c2ccc(-n3cnc(C=Cc4ccc(F)cc4F)c3)c(F)c2)C(=O)O1. The number of hydrogen-bond donors (Lipinski definition) is 1. The number of rotatable bonds is 6. The molecule has 0 radical (unpaired) electrons. The van der Waals surface area contributed by atoms with Crippen molar-refractivity contribution in [2.45, 2.75) is 13.0 Å². The van der Waals surface area contributed by atoms with Crippen LogP contribution in [0, 0.1) is 17.5 Å². The van der Waals surface area contributed by atoms with E-state index in [1.54, 1.807) is 12.3 Å². The van der Waals surface area contributed by atoms with Crippen molar-refractivity contribution < 1.29 is 27.5 Å². The molecular formula is C23H19F3N4O3. The molecule has 4 rings (SSSR count). The number of ether oxygens (including phenoxy) is 1. The molecule has 0 aliphatic carbocycles. The molecule has 0 bridgehead atoms. The summed E-state index contributed by atoms with van der Waals surface area (Å²) in [4.78, 5) is 28.6. The predicted molar refractivity (Wildman–Crippen MR) is 115 cm³/mol. The lowest BCUT2D eigenvalue weighted by atomic mass is 10.2. The second-order valence-electron chi connectivity index (χ2n) is 7.39. The van der Waals surface area contributed by atoms with Crippen LogP contribution in [0.5, 0.6) is 0 Å². The molecule has 1 fully saturated rings. The molecule has 1 atom stereocenters. The van der Waals surface area contributed by atoms with Crippen LogP contribution >= 0.6 is 0 Å². The summed E-state index contributed by atoms with van der Waals surface area (Å²) in [6, 6.07) is 7.52. The fourth-order valence-corrected chi connectivity index (χ4v) is 3.34. The van der Waals surface area contributed by atoms with Crippen LogP contribution in [0.4, 0.5) is 23.7 Å². The van der Waals surface area contributed by atoms with Gasteiger partial charge in [-0.2, -0.15) is 0 Å². The molecule has 2 aromatic carbocycles. The number of anilines is 1. The normalized spacial score (nSPS) is 15.8. The summed E-state index contributed by atoms with van der Waals surface area (Å²) in [5, 5.41) is 2.58. The van der Waals surface area contributed by atoms with Gasteiger partial charge in [-0.3, -0.25) is 9.69 Å². The lowest BCUT2D eigenvalue weighted by Crippen LogP contribution is -2.33. The van der Waals surface area contributed by atoms with E-state index < -0.39 is 29.6 Å². The third-order valence-corrected chi connectivity index (χ3v) is 4.97. The number of benzene rings is 2. The highest BCUT2D eigenvalue weighted by molar-refractivity contribution is 5.90. The molecule has 1 aliphatic rings. The zero-order valence-corrected chi connectivity index (χ0v) is 17.5. The molecule has 2 amide bonds. The first-order chi connectivity index (χ1) is 15.8. The first-order valence-corrected chi connectivity index (χ1v) is 10.00. The van der Waals surface area contributed by atoms with Crippen molar-refractivity contribution in [3.8, 4) is 5.69 Å². The van der Waals surface area contributed by atoms with Crippen molar-refractivity contribution in [3.05, 3.63) is 77.6 Å². The van der Waals surface area contributed by atoms with Gasteiger partial charge < -0.3 is 14.6 Å². The van der Waals surface area contributed by atoms with E-state index in [0.717, 1.165) is 12.1 Å². The summed E-state index contributed by atoms with van der Waals surface area (Å²) in [5.74, 6) is -2.20. The number of nitrogens with zero attached hydrogens (tertiary/aromatic N) is 3. The van der Waals surface area contributed by atoms with E-state index in [1.807, 2.05) is 0 Å². The number of cyclic esters (lactones) is 1. The molecule has 0 spiro atoms. The molecule has 10 heteroatoms. The highest BCUT2D eigenvalue weighted by Gasteiger charge is 2.32. The average Bonchev–Trinajstić information content (AvgIpc) is 3.38. The van der Waals surface area contributed by atoms with Crippen molar-refractivity contribution in [2.24, 2.45) is 0 Å². The maximum absolute atomic E-state index is 14.8. The fourth-order valence-electron chi connectivity index (χ4n) is 3.34. The Bertz CT molecular complexity index is 1240. The van der Waals surface area contributed by atoms with Crippen molar-refractivity contribution in [1.82, 2.24) is 14.9 Å². The summed E-state index contributed by atoms with van der Waals surface area (Å²) in [5.41, 5.74) is 1.14. The van der Waals surface area contributed by atoms with E-state index in [1.165, 1.54) is 53.1 Å². The second kappa shape index (κ2) is 9.19. The van der Waals surface area contributed by atoms with E-state index in [4.69, 9.17) is 4.74 Å². The smallest absolute Gasteiger partial charge is 0.414 e. The Labute approximate surface area is 187 Å². The van der Waals surface area contributed by atoms with E-state index >= 15 is 0 Å². The molecule has 170 valence electrons. The van der Waals surface area contributed by atoms with Crippen LogP contribution in [0.2, 0.25) is 0 Å². The summed E-state index contributed by atoms with van der Waals surface area (Å²) >= 11 is 0. The van der Waals surface area contributed by atoms with E-state index in [9.17, 15) is 22.8 Å². The summed E-state index contributed by atoms with van der Waals surface area (Å²) in [6.45, 7) is 1.71. The van der Waals surface area contributed by atoms with Gasteiger partial charge >= 0.3 is 6.09 Å². The molecule has 33 heavy (non-hydrogen) atoms. The van der Waals surface area contributed by atoms with Crippen LogP contribution in [-0.4, -0.2) is 40.7 Å². The highest BCUT2D eigenvalue weighted by atomic mass is 19.1. The molecule has 7 nitrogen and oxygen atoms in total. The van der Waals surface area contributed by atoms with Gasteiger partial charge in [-0.05, 0) is 42.5 Å². The number of carbonyl (C=O) groups is 2. The standard InChI is InChI=1S/C23H19F3N4O3/c1-14(31)27-10-19-12-30(23(32)33-19)18-6-7-22(21(26)9-18)29-11-17(28-13-29)5-3-15-2-4-16(24)8-20(15)25/h2-9,11,13,19H,10,12H2,1H3,(H,27,31)/t19-/m0/s1. The van der Waals surface area contributed by atoms with Crippen LogP contribution in [0.3, 0.4) is 0 Å². The summed E-state index contributed by atoms with van der Waals surface area (Å²) in [7, 11) is 0. The monoisotopic (exact) mass is 456 g/mol. The third-order valence-electron chi connectivity index (χ3n) is 4.97. The minimum Gasteiger partial charge on any atom is -0.442 e. The summed E-state index contributed by atoms with van der Waals surface area (Å²) in [6.07, 6.45) is 4.75. The Morgan fingerprint density at radius 2 is 2.00 bits per heavy atom. The van der Waals surface area contributed by atoms with Crippen LogP contribution < -0.4 is 10.2 Å². The van der Waals surface area contributed by atoms with Crippen molar-refractivity contribution in [3.63, 3.8) is 0 Å². The molecule has 0 saturated carbocycles. The van der Waals surface area contributed by atoms with Gasteiger partial charge in [-0.15, -0.1) is 0 Å². The second-order valence-corrected chi connectivity index (χ2v) is 7.39. The van der Waals surface area contributed by atoms with Crippen LogP contribution in [0.25, 0.3) is 17.8 Å². The Morgan fingerprint density at radius 3 is 2.73 bits per heavy atom. The summed E-state index contributed by atoms with van der Waals surface area (Å²) < 4.78 is 48.2. The molecular weight excluding hydrogens is 437 g/mol. The average molecular weight is 456 g/mol. The number of aromatic nitrogens is 2. The van der Waals surface area contributed by atoms with Crippen molar-refractivity contribution in [1.29, 1.82) is 0 Å². The number of nitrogens with one attached hydrogen (secondary N) is 1. The van der Waals surface area contributed by atoms with Gasteiger partial charge in [0, 0.05) is 24.8 Å². The van der Waals surface area contributed by atoms with Crippen LogP contribution in [0.1, 0.15) is 18.2 Å². The first-order valence-electron chi connectivity index (χ1n) is 10.00. The minimum absolute atomic E-state index is 0.172. The zero-order chi connectivity index (χ0) is 23.5. The lowest BCUT2D eigenvalue weighted by molar-refractivity contribution is -0.119. The Hall–Kier alpha value is -4.08. The Morgan fingerprint density at radius 1 is 1.18 bits per heavy atom. The van der Waals surface area contributed by atoms with Crippen molar-refractivity contribution >= 4 is 29.8 Å². The maximum atomic E-state index is 14.8. The Balaban J connectivity index is 1.48. The molecule has 0 unspecified atom stereocenters. The van der Waals surface area contributed by atoms with Gasteiger partial charge in [0.2, 0.25) is 5.91 Å². The third kappa shape index (κ3) is 5.05. The molecule has 2 heterocycles. The number of hydrogen-bond acceptors (Lipinski definition) is 4. The van der Waals surface area contributed by atoms with E-state index in [2.05, 4.69) is 10.3 Å². The largest absolute Gasteiger partial charge is 0.442 e. The first kappa shape index (κ1) is 22.1. The molecule has 1 aromatic heterocycles. The van der Waals surface area contributed by atoms with Crippen molar-refractivity contribution in [2.75, 3.05) is 18.0 Å². The number of halogens is 3. The zero-order valence-electron chi connectivity index (χ0n) is 17.5. The van der Waals surface area contributed by atoms with E-state index in [0.29, 0.717) is 11.4 Å². The lowest BCUT2D eigenvalue weighted by Gasteiger charge is -2.14. The highest BCUT2D eigenvalue weighted by Crippen LogP contribution is 2.26. The van der Waals surface area contributed by atoms with Gasteiger partial charge in [-0.25, -0.2) is 22.9 Å². The molecule has 1 N–H and O–H groups in total.